The molecule has 0 bridgehead atoms. The molecular weight excluding hydrogens is 188 g/mol. The third kappa shape index (κ3) is 3.06. The molecule has 0 aromatic rings. The topological polar surface area (TPSA) is 59.1 Å². The van der Waals surface area contributed by atoms with E-state index in [9.17, 15) is 9.59 Å². The molecule has 78 valence electrons. The summed E-state index contributed by atoms with van der Waals surface area (Å²) in [5.74, 6) is -0.533. The minimum absolute atomic E-state index is 0.353. The molecule has 1 aliphatic rings. The first-order valence-electron chi connectivity index (χ1n) is 4.10. The minimum Gasteiger partial charge on any atom is -0.447 e. The zero-order valence-electron chi connectivity index (χ0n) is 8.10. The molecule has 6 nitrogen and oxygen atoms in total. The molecule has 14 heavy (non-hydrogen) atoms. The second-order valence-corrected chi connectivity index (χ2v) is 2.85. The highest BCUT2D eigenvalue weighted by molar-refractivity contribution is 5.82. The van der Waals surface area contributed by atoms with Crippen molar-refractivity contribution in [2.24, 2.45) is 0 Å². The van der Waals surface area contributed by atoms with Crippen LogP contribution in [0.4, 0.5) is 4.79 Å². The lowest BCUT2D eigenvalue weighted by Crippen LogP contribution is -2.20. The van der Waals surface area contributed by atoms with E-state index in [-0.39, 0.29) is 0 Å². The van der Waals surface area contributed by atoms with Crippen molar-refractivity contribution in [3.63, 3.8) is 0 Å². The van der Waals surface area contributed by atoms with E-state index in [1.165, 1.54) is 22.2 Å². The standard InChI is InChI=1S/C8H12N2O4/c1-9(2)14-7(11)3-4-10-5-6-13-8(10)12/h3-4H,5-6H2,1-2H3/b4-3+. The van der Waals surface area contributed by atoms with E-state index in [1.807, 2.05) is 0 Å². The maximum absolute atomic E-state index is 11.0. The Morgan fingerprint density at radius 3 is 2.86 bits per heavy atom. The van der Waals surface area contributed by atoms with E-state index in [1.54, 1.807) is 14.1 Å². The number of hydrogen-bond donors (Lipinski definition) is 0. The van der Waals surface area contributed by atoms with Gasteiger partial charge in [0.25, 0.3) is 0 Å². The molecule has 1 fully saturated rings. The van der Waals surface area contributed by atoms with Crippen LogP contribution in [0.5, 0.6) is 0 Å². The van der Waals surface area contributed by atoms with Gasteiger partial charge in [0.1, 0.15) is 6.61 Å². The Hall–Kier alpha value is -1.56. The third-order valence-corrected chi connectivity index (χ3v) is 1.46. The van der Waals surface area contributed by atoms with Crippen LogP contribution in [0.25, 0.3) is 0 Å². The summed E-state index contributed by atoms with van der Waals surface area (Å²) in [7, 11) is 3.19. The molecule has 1 rings (SSSR count). The summed E-state index contributed by atoms with van der Waals surface area (Å²) in [6.07, 6.45) is 2.08. The molecule has 0 aromatic carbocycles. The first-order chi connectivity index (χ1) is 6.59. The number of rotatable bonds is 3. The van der Waals surface area contributed by atoms with Gasteiger partial charge in [0.15, 0.2) is 0 Å². The van der Waals surface area contributed by atoms with Crippen molar-refractivity contribution in [1.82, 2.24) is 9.96 Å². The minimum atomic E-state index is -0.533. The van der Waals surface area contributed by atoms with Gasteiger partial charge in [-0.05, 0) is 0 Å². The maximum atomic E-state index is 11.0. The van der Waals surface area contributed by atoms with Gasteiger partial charge in [-0.25, -0.2) is 9.59 Å². The highest BCUT2D eigenvalue weighted by Gasteiger charge is 2.19. The van der Waals surface area contributed by atoms with Crippen LogP contribution in [0.15, 0.2) is 12.3 Å². The van der Waals surface area contributed by atoms with Crippen molar-refractivity contribution in [3.05, 3.63) is 12.3 Å². The van der Waals surface area contributed by atoms with E-state index in [0.717, 1.165) is 0 Å². The summed E-state index contributed by atoms with van der Waals surface area (Å²) in [6, 6.07) is 0. The van der Waals surface area contributed by atoms with Gasteiger partial charge in [-0.2, -0.15) is 0 Å². The summed E-state index contributed by atoms with van der Waals surface area (Å²) in [5.41, 5.74) is 0. The van der Waals surface area contributed by atoms with Gasteiger partial charge >= 0.3 is 12.1 Å². The van der Waals surface area contributed by atoms with Crippen LogP contribution in [0.2, 0.25) is 0 Å². The molecule has 0 aromatic heterocycles. The van der Waals surface area contributed by atoms with Gasteiger partial charge in [0.05, 0.1) is 6.54 Å². The number of nitrogens with zero attached hydrogens (tertiary/aromatic N) is 2. The molecule has 1 saturated heterocycles. The number of hydrogen-bond acceptors (Lipinski definition) is 5. The summed E-state index contributed by atoms with van der Waals surface area (Å²) in [6.45, 7) is 0.816. The van der Waals surface area contributed by atoms with Gasteiger partial charge in [-0.15, -0.1) is 5.06 Å². The molecule has 0 saturated carbocycles. The summed E-state index contributed by atoms with van der Waals surface area (Å²) >= 11 is 0. The lowest BCUT2D eigenvalue weighted by molar-refractivity contribution is -0.171. The fourth-order valence-corrected chi connectivity index (χ4v) is 0.902. The van der Waals surface area contributed by atoms with Gasteiger partial charge in [-0.3, -0.25) is 4.90 Å². The van der Waals surface area contributed by atoms with Gasteiger partial charge in [0, 0.05) is 26.4 Å². The fraction of sp³-hybridized carbons (Fsp3) is 0.500. The van der Waals surface area contributed by atoms with Crippen molar-refractivity contribution in [1.29, 1.82) is 0 Å². The Kier molecular flexibility index (Phi) is 3.47. The number of carbonyl (C=O) groups excluding carboxylic acids is 2. The number of hydroxylamine groups is 2. The molecule has 0 spiro atoms. The fourth-order valence-electron chi connectivity index (χ4n) is 0.902. The Balaban J connectivity index is 2.39. The van der Waals surface area contributed by atoms with E-state index in [4.69, 9.17) is 0 Å². The van der Waals surface area contributed by atoms with Crippen molar-refractivity contribution < 1.29 is 19.2 Å². The van der Waals surface area contributed by atoms with Crippen LogP contribution in [-0.4, -0.2) is 49.3 Å². The summed E-state index contributed by atoms with van der Waals surface area (Å²) in [5, 5.41) is 1.27. The van der Waals surface area contributed by atoms with E-state index < -0.39 is 12.1 Å². The summed E-state index contributed by atoms with van der Waals surface area (Å²) in [4.78, 5) is 27.9. The first kappa shape index (κ1) is 10.5. The van der Waals surface area contributed by atoms with Crippen LogP contribution >= 0.6 is 0 Å². The molecule has 1 amide bonds. The van der Waals surface area contributed by atoms with Gasteiger partial charge < -0.3 is 9.57 Å². The number of carbonyl (C=O) groups is 2. The molecule has 0 unspecified atom stereocenters. The zero-order chi connectivity index (χ0) is 10.6. The van der Waals surface area contributed by atoms with Crippen molar-refractivity contribution in [3.8, 4) is 0 Å². The Bertz CT molecular complexity index is 262. The van der Waals surface area contributed by atoms with Crippen molar-refractivity contribution >= 4 is 12.1 Å². The average molecular weight is 200 g/mol. The highest BCUT2D eigenvalue weighted by Crippen LogP contribution is 2.03. The molecule has 0 N–H and O–H groups in total. The second kappa shape index (κ2) is 4.61. The third-order valence-electron chi connectivity index (χ3n) is 1.46. The second-order valence-electron chi connectivity index (χ2n) is 2.85. The predicted octanol–water partition coefficient (Wildman–Crippen LogP) is -0.0279. The molecule has 6 heteroatoms. The van der Waals surface area contributed by atoms with Crippen LogP contribution in [0.3, 0.4) is 0 Å². The van der Waals surface area contributed by atoms with Gasteiger partial charge in [0.2, 0.25) is 0 Å². The predicted molar refractivity (Wildman–Crippen MR) is 47.0 cm³/mol. The molecular formula is C8H12N2O4. The van der Waals surface area contributed by atoms with Gasteiger partial charge in [-0.1, -0.05) is 0 Å². The normalized spacial score (nSPS) is 16.5. The Morgan fingerprint density at radius 2 is 2.36 bits per heavy atom. The summed E-state index contributed by atoms with van der Waals surface area (Å²) < 4.78 is 4.65. The Labute approximate surface area is 81.6 Å². The van der Waals surface area contributed by atoms with Crippen molar-refractivity contribution in [2.45, 2.75) is 0 Å². The quantitative estimate of drug-likeness (QED) is 0.473. The number of amides is 1. The SMILES string of the molecule is CN(C)OC(=O)/C=C/N1CCOC1=O. The van der Waals surface area contributed by atoms with Crippen LogP contribution < -0.4 is 0 Å². The molecule has 1 aliphatic heterocycles. The Morgan fingerprint density at radius 1 is 1.64 bits per heavy atom. The smallest absolute Gasteiger partial charge is 0.413 e. The molecule has 0 atom stereocenters. The zero-order valence-corrected chi connectivity index (χ0v) is 8.10. The molecule has 0 aliphatic carbocycles. The number of cyclic esters (lactones) is 1. The first-order valence-corrected chi connectivity index (χ1v) is 4.10. The number of ether oxygens (including phenoxy) is 1. The van der Waals surface area contributed by atoms with Crippen molar-refractivity contribution in [2.75, 3.05) is 27.2 Å². The van der Waals surface area contributed by atoms with Crippen LogP contribution in [0.1, 0.15) is 0 Å². The maximum Gasteiger partial charge on any atom is 0.413 e. The largest absolute Gasteiger partial charge is 0.447 e. The lowest BCUT2D eigenvalue weighted by Gasteiger charge is -2.08. The molecule has 0 radical (unpaired) electrons. The van der Waals surface area contributed by atoms with E-state index in [0.29, 0.717) is 13.2 Å². The average Bonchev–Trinajstić information content (AvgIpc) is 2.46. The van der Waals surface area contributed by atoms with E-state index >= 15 is 0 Å². The van der Waals surface area contributed by atoms with E-state index in [2.05, 4.69) is 9.57 Å². The highest BCUT2D eigenvalue weighted by atomic mass is 16.7. The monoisotopic (exact) mass is 200 g/mol. The van der Waals surface area contributed by atoms with Crippen LogP contribution in [-0.2, 0) is 14.4 Å². The molecule has 1 heterocycles. The lowest BCUT2D eigenvalue weighted by atomic mass is 10.5. The van der Waals surface area contributed by atoms with Crippen LogP contribution in [0, 0.1) is 0 Å².